The molecule has 9 nitrogen and oxygen atoms in total. The standard InChI is InChI=1S/C27H28F3N5O4S/c1-2-3-18-4-6-19(7-5-18)14-33-25(36)23-17-34(24-16-31-22(15-32-24)26(37)38)12-13-35(23)40-21-10-8-20(9-11-21)39-27(28,29)30/h4-11,15-16,23H,2-3,12-14,17H2,1H3,(H,33,36)(H,37,38)/t23-/m1/s1. The molecule has 3 aromatic rings. The summed E-state index contributed by atoms with van der Waals surface area (Å²) in [6, 6.07) is 12.9. The average molecular weight is 576 g/mol. The molecule has 0 unspecified atom stereocenters. The van der Waals surface area contributed by atoms with E-state index in [2.05, 4.69) is 26.9 Å². The number of rotatable bonds is 10. The lowest BCUT2D eigenvalue weighted by atomic mass is 10.1. The van der Waals surface area contributed by atoms with E-state index in [1.165, 1.54) is 54.2 Å². The van der Waals surface area contributed by atoms with Gasteiger partial charge in [-0.1, -0.05) is 37.6 Å². The molecule has 1 atom stereocenters. The van der Waals surface area contributed by atoms with Gasteiger partial charge in [-0.3, -0.25) is 4.79 Å². The molecule has 1 fully saturated rings. The second-order valence-corrected chi connectivity index (χ2v) is 10.2. The minimum Gasteiger partial charge on any atom is -0.476 e. The van der Waals surface area contributed by atoms with Crippen LogP contribution in [0.3, 0.4) is 0 Å². The number of ether oxygens (including phenoxy) is 1. The predicted octanol–water partition coefficient (Wildman–Crippen LogP) is 4.54. The van der Waals surface area contributed by atoms with Gasteiger partial charge in [-0.25, -0.2) is 19.1 Å². The van der Waals surface area contributed by atoms with E-state index in [9.17, 15) is 22.8 Å². The number of halogens is 3. The number of alkyl halides is 3. The van der Waals surface area contributed by atoms with Crippen LogP contribution in [0.25, 0.3) is 0 Å². The van der Waals surface area contributed by atoms with Crippen LogP contribution in [0.15, 0.2) is 65.8 Å². The maximum absolute atomic E-state index is 13.4. The SMILES string of the molecule is CCCc1ccc(CNC(=O)[C@H]2CN(c3cnc(C(=O)O)cn3)CCN2Sc2ccc(OC(F)(F)F)cc2)cc1. The number of benzene rings is 2. The number of carboxylic acid groups (broad SMARTS) is 1. The highest BCUT2D eigenvalue weighted by molar-refractivity contribution is 7.97. The molecular formula is C27H28F3N5O4S. The smallest absolute Gasteiger partial charge is 0.476 e. The second-order valence-electron chi connectivity index (χ2n) is 9.06. The maximum atomic E-state index is 13.4. The Balaban J connectivity index is 1.47. The molecule has 0 radical (unpaired) electrons. The van der Waals surface area contributed by atoms with Crippen molar-refractivity contribution in [3.8, 4) is 5.75 Å². The molecule has 1 aromatic heterocycles. The normalized spacial score (nSPS) is 16.0. The van der Waals surface area contributed by atoms with Crippen LogP contribution in [0, 0.1) is 0 Å². The summed E-state index contributed by atoms with van der Waals surface area (Å²) in [4.78, 5) is 35.2. The first-order chi connectivity index (χ1) is 19.1. The van der Waals surface area contributed by atoms with Gasteiger partial charge < -0.3 is 20.1 Å². The maximum Gasteiger partial charge on any atom is 0.573 e. The zero-order valence-electron chi connectivity index (χ0n) is 21.6. The van der Waals surface area contributed by atoms with Crippen LogP contribution >= 0.6 is 11.9 Å². The van der Waals surface area contributed by atoms with Gasteiger partial charge in [-0.05, 0) is 53.8 Å². The third kappa shape index (κ3) is 8.09. The zero-order chi connectivity index (χ0) is 28.7. The topological polar surface area (TPSA) is 108 Å². The number of aromatic nitrogens is 2. The summed E-state index contributed by atoms with van der Waals surface area (Å²) < 4.78 is 43.4. The summed E-state index contributed by atoms with van der Waals surface area (Å²) in [5.41, 5.74) is 2.00. The minimum absolute atomic E-state index is 0.185. The van der Waals surface area contributed by atoms with Gasteiger partial charge in [0.2, 0.25) is 5.91 Å². The first kappa shape index (κ1) is 29.2. The van der Waals surface area contributed by atoms with Crippen molar-refractivity contribution in [2.24, 2.45) is 0 Å². The summed E-state index contributed by atoms with van der Waals surface area (Å²) >= 11 is 1.26. The van der Waals surface area contributed by atoms with Crippen molar-refractivity contribution in [2.45, 2.75) is 43.6 Å². The fourth-order valence-corrected chi connectivity index (χ4v) is 5.14. The molecule has 0 saturated carbocycles. The molecule has 212 valence electrons. The Morgan fingerprint density at radius 2 is 1.75 bits per heavy atom. The Labute approximate surface area is 233 Å². The van der Waals surface area contributed by atoms with Crippen LogP contribution < -0.4 is 15.0 Å². The third-order valence-corrected chi connectivity index (χ3v) is 7.28. The number of aromatic carboxylic acids is 1. The molecule has 40 heavy (non-hydrogen) atoms. The molecule has 0 spiro atoms. The second kappa shape index (κ2) is 13.0. The summed E-state index contributed by atoms with van der Waals surface area (Å²) in [5.74, 6) is -1.31. The van der Waals surface area contributed by atoms with E-state index in [0.29, 0.717) is 30.3 Å². The molecule has 1 amide bonds. The van der Waals surface area contributed by atoms with Gasteiger partial charge in [0, 0.05) is 31.1 Å². The van der Waals surface area contributed by atoms with Crippen molar-refractivity contribution in [3.05, 3.63) is 77.7 Å². The molecule has 2 N–H and O–H groups in total. The highest BCUT2D eigenvalue weighted by atomic mass is 32.2. The third-order valence-electron chi connectivity index (χ3n) is 6.12. The van der Waals surface area contributed by atoms with E-state index in [4.69, 9.17) is 5.11 Å². The molecule has 1 saturated heterocycles. The van der Waals surface area contributed by atoms with Gasteiger partial charge >= 0.3 is 12.3 Å². The molecule has 1 aliphatic heterocycles. The minimum atomic E-state index is -4.78. The number of amides is 1. The summed E-state index contributed by atoms with van der Waals surface area (Å²) in [6.45, 7) is 3.56. The molecular weight excluding hydrogens is 547 g/mol. The number of piperazine rings is 1. The van der Waals surface area contributed by atoms with Gasteiger partial charge in [0.05, 0.1) is 12.4 Å². The molecule has 0 bridgehead atoms. The summed E-state index contributed by atoms with van der Waals surface area (Å²) in [5, 5.41) is 12.1. The number of aryl methyl sites for hydroxylation is 1. The molecule has 2 aromatic carbocycles. The number of hydrogen-bond acceptors (Lipinski definition) is 8. The first-order valence-corrected chi connectivity index (χ1v) is 13.3. The van der Waals surface area contributed by atoms with Gasteiger partial charge in [0.25, 0.3) is 0 Å². The quantitative estimate of drug-likeness (QED) is 0.337. The van der Waals surface area contributed by atoms with E-state index >= 15 is 0 Å². The number of nitrogens with zero attached hydrogens (tertiary/aromatic N) is 4. The van der Waals surface area contributed by atoms with E-state index < -0.39 is 18.4 Å². The van der Waals surface area contributed by atoms with E-state index in [1.54, 1.807) is 0 Å². The van der Waals surface area contributed by atoms with E-state index in [1.807, 2.05) is 33.5 Å². The average Bonchev–Trinajstić information content (AvgIpc) is 2.93. The summed E-state index contributed by atoms with van der Waals surface area (Å²) in [7, 11) is 0. The van der Waals surface area contributed by atoms with Crippen molar-refractivity contribution in [3.63, 3.8) is 0 Å². The van der Waals surface area contributed by atoms with Crippen LogP contribution in [-0.4, -0.2) is 63.3 Å². The number of carbonyl (C=O) groups is 2. The molecule has 0 aliphatic carbocycles. The fourth-order valence-electron chi connectivity index (χ4n) is 4.15. The Hall–Kier alpha value is -3.84. The zero-order valence-corrected chi connectivity index (χ0v) is 22.4. The van der Waals surface area contributed by atoms with Gasteiger partial charge in [-0.15, -0.1) is 13.2 Å². The Kier molecular flexibility index (Phi) is 9.48. The Morgan fingerprint density at radius 3 is 2.35 bits per heavy atom. The molecule has 1 aliphatic rings. The summed E-state index contributed by atoms with van der Waals surface area (Å²) in [6.07, 6.45) is -0.227. The van der Waals surface area contributed by atoms with E-state index in [-0.39, 0.29) is 23.9 Å². The van der Waals surface area contributed by atoms with Crippen LogP contribution in [0.5, 0.6) is 5.75 Å². The Morgan fingerprint density at radius 1 is 1.05 bits per heavy atom. The molecule has 2 heterocycles. The molecule has 13 heteroatoms. The lowest BCUT2D eigenvalue weighted by Gasteiger charge is -2.40. The van der Waals surface area contributed by atoms with Crippen molar-refractivity contribution in [1.82, 2.24) is 19.6 Å². The first-order valence-electron chi connectivity index (χ1n) is 12.6. The van der Waals surface area contributed by atoms with Crippen LogP contribution in [0.4, 0.5) is 19.0 Å². The highest BCUT2D eigenvalue weighted by Crippen LogP contribution is 2.31. The van der Waals surface area contributed by atoms with Gasteiger partial charge in [0.15, 0.2) is 5.69 Å². The van der Waals surface area contributed by atoms with E-state index in [0.717, 1.165) is 18.4 Å². The number of hydrogen-bond donors (Lipinski definition) is 2. The number of nitrogens with one attached hydrogen (secondary N) is 1. The number of carboxylic acids is 1. The van der Waals surface area contributed by atoms with Crippen LogP contribution in [0.1, 0.15) is 35.0 Å². The van der Waals surface area contributed by atoms with Crippen molar-refractivity contribution in [2.75, 3.05) is 24.5 Å². The monoisotopic (exact) mass is 575 g/mol. The van der Waals surface area contributed by atoms with Gasteiger partial charge in [0.1, 0.15) is 17.6 Å². The van der Waals surface area contributed by atoms with Crippen molar-refractivity contribution < 1.29 is 32.6 Å². The lowest BCUT2D eigenvalue weighted by molar-refractivity contribution is -0.274. The Bertz CT molecular complexity index is 1290. The van der Waals surface area contributed by atoms with Crippen LogP contribution in [0.2, 0.25) is 0 Å². The lowest BCUT2D eigenvalue weighted by Crippen LogP contribution is -2.56. The van der Waals surface area contributed by atoms with Crippen molar-refractivity contribution >= 4 is 29.6 Å². The van der Waals surface area contributed by atoms with Crippen LogP contribution in [-0.2, 0) is 17.8 Å². The largest absolute Gasteiger partial charge is 0.573 e. The van der Waals surface area contributed by atoms with Crippen molar-refractivity contribution in [1.29, 1.82) is 0 Å². The molecule has 4 rings (SSSR count). The predicted molar refractivity (Wildman–Crippen MR) is 143 cm³/mol. The highest BCUT2D eigenvalue weighted by Gasteiger charge is 2.34. The number of carbonyl (C=O) groups excluding carboxylic acids is 1. The fraction of sp³-hybridized carbons (Fsp3) is 0.333. The number of anilines is 1. The van der Waals surface area contributed by atoms with Gasteiger partial charge in [-0.2, -0.15) is 0 Å².